The van der Waals surface area contributed by atoms with Crippen LogP contribution in [0.3, 0.4) is 0 Å². The van der Waals surface area contributed by atoms with Crippen molar-refractivity contribution in [3.05, 3.63) is 39.9 Å². The van der Waals surface area contributed by atoms with E-state index in [0.717, 1.165) is 12.1 Å². The number of non-ortho nitro benzene ring substituents is 1. The Bertz CT molecular complexity index is 986. The van der Waals surface area contributed by atoms with Crippen molar-refractivity contribution in [1.29, 1.82) is 0 Å². The lowest BCUT2D eigenvalue weighted by atomic mass is 10.0. The third kappa shape index (κ3) is 12.2. The fraction of sp³-hybridized carbons (Fsp3) is 0.522. The van der Waals surface area contributed by atoms with E-state index in [0.29, 0.717) is 12.8 Å². The lowest BCUT2D eigenvalue weighted by Gasteiger charge is -2.28. The first kappa shape index (κ1) is 32.6. The largest absolute Gasteiger partial charge is 0.461 e. The molecular weight excluding hydrogens is 551 g/mol. The quantitative estimate of drug-likeness (QED) is 0.100. The Morgan fingerprint density at radius 3 is 1.87 bits per heavy atom. The minimum atomic E-state index is -1.55. The van der Waals surface area contributed by atoms with Crippen LogP contribution in [0, 0.1) is 10.1 Å². The van der Waals surface area contributed by atoms with Crippen molar-refractivity contribution in [2.24, 2.45) is 0 Å². The van der Waals surface area contributed by atoms with Crippen LogP contribution >= 0.6 is 23.2 Å². The number of halogens is 2. The van der Waals surface area contributed by atoms with Crippen molar-refractivity contribution in [3.8, 4) is 0 Å². The second kappa shape index (κ2) is 17.1. The Kier molecular flexibility index (Phi) is 14.7. The molecule has 1 amide bonds. The highest BCUT2D eigenvalue weighted by Gasteiger charge is 2.32. The summed E-state index contributed by atoms with van der Waals surface area (Å²) in [6.45, 7) is 1.41. The van der Waals surface area contributed by atoms with Crippen molar-refractivity contribution in [3.63, 3.8) is 0 Å². The Balaban J connectivity index is 3.17. The Morgan fingerprint density at radius 1 is 0.868 bits per heavy atom. The van der Waals surface area contributed by atoms with Crippen LogP contribution in [0.4, 0.5) is 5.69 Å². The van der Waals surface area contributed by atoms with E-state index in [9.17, 15) is 34.1 Å². The van der Waals surface area contributed by atoms with Crippen molar-refractivity contribution in [2.75, 3.05) is 19.8 Å². The molecule has 0 unspecified atom stereocenters. The van der Waals surface area contributed by atoms with Crippen LogP contribution < -0.4 is 5.32 Å². The highest BCUT2D eigenvalue weighted by molar-refractivity contribution is 6.53. The number of benzene rings is 1. The standard InChI is InChI=1S/C23H28Cl2N2O11/c1-3-5-17(28)36-12-19(30)35-11-16(26-23(32)22(24)25)21(14-7-9-15(10-8-14)27(33)34)38-20(31)13-37-18(29)6-4-2/h7-10,16,21-22H,3-6,11-13H2,1-2H3,(H,26,32)/t16-,21-/m1/s1. The summed E-state index contributed by atoms with van der Waals surface area (Å²) in [4.78, 5) is 68.8. The molecule has 38 heavy (non-hydrogen) atoms. The summed E-state index contributed by atoms with van der Waals surface area (Å²) in [6.07, 6.45) is -0.233. The zero-order chi connectivity index (χ0) is 28.7. The van der Waals surface area contributed by atoms with Crippen LogP contribution in [0.2, 0.25) is 0 Å². The Morgan fingerprint density at radius 2 is 1.39 bits per heavy atom. The smallest absolute Gasteiger partial charge is 0.344 e. The summed E-state index contributed by atoms with van der Waals surface area (Å²) in [5.41, 5.74) is -0.116. The first-order chi connectivity index (χ1) is 18.0. The van der Waals surface area contributed by atoms with Crippen molar-refractivity contribution >= 4 is 58.7 Å². The monoisotopic (exact) mass is 578 g/mol. The molecule has 0 aliphatic rings. The molecule has 0 bridgehead atoms. The van der Waals surface area contributed by atoms with Gasteiger partial charge in [-0.25, -0.2) is 9.59 Å². The minimum Gasteiger partial charge on any atom is -0.461 e. The van der Waals surface area contributed by atoms with Crippen LogP contribution in [0.15, 0.2) is 24.3 Å². The number of carbonyl (C=O) groups excluding carboxylic acids is 5. The fourth-order valence-electron chi connectivity index (χ4n) is 2.85. The average Bonchev–Trinajstić information content (AvgIpc) is 2.87. The third-order valence-corrected chi connectivity index (χ3v) is 5.01. The maximum absolute atomic E-state index is 12.5. The number of hydrogen-bond donors (Lipinski definition) is 1. The number of rotatable bonds is 16. The maximum atomic E-state index is 12.5. The number of carbonyl (C=O) groups is 5. The molecule has 0 heterocycles. The molecule has 0 aliphatic carbocycles. The Labute approximate surface area is 228 Å². The number of nitro benzene ring substituents is 1. The molecular formula is C23H28Cl2N2O11. The zero-order valence-corrected chi connectivity index (χ0v) is 22.2. The SMILES string of the molecule is CCCC(=O)OCC(=O)OC[C@@H](NC(=O)C(Cl)Cl)[C@H](OC(=O)COC(=O)CCC)c1ccc([N+](=O)[O-])cc1. The number of ether oxygens (including phenoxy) is 4. The molecule has 2 atom stereocenters. The number of nitrogens with zero attached hydrogens (tertiary/aromatic N) is 1. The molecule has 0 aliphatic heterocycles. The predicted octanol–water partition coefficient (Wildman–Crippen LogP) is 2.70. The summed E-state index contributed by atoms with van der Waals surface area (Å²) in [5.74, 6) is -4.17. The van der Waals surface area contributed by atoms with Crippen molar-refractivity contribution in [2.45, 2.75) is 56.5 Å². The van der Waals surface area contributed by atoms with Gasteiger partial charge in [-0.05, 0) is 30.5 Å². The molecule has 210 valence electrons. The fourth-order valence-corrected chi connectivity index (χ4v) is 2.98. The number of nitro groups is 1. The Hall–Kier alpha value is -3.45. The molecule has 0 aromatic heterocycles. The van der Waals surface area contributed by atoms with Gasteiger partial charge >= 0.3 is 23.9 Å². The van der Waals surface area contributed by atoms with E-state index in [1.807, 2.05) is 0 Å². The van der Waals surface area contributed by atoms with Crippen LogP contribution in [0.5, 0.6) is 0 Å². The number of alkyl halides is 2. The van der Waals surface area contributed by atoms with E-state index >= 15 is 0 Å². The molecule has 1 rings (SSSR count). The number of hydrogen-bond acceptors (Lipinski definition) is 11. The summed E-state index contributed by atoms with van der Waals surface area (Å²) in [5, 5.41) is 13.4. The van der Waals surface area contributed by atoms with Crippen molar-refractivity contribution in [1.82, 2.24) is 5.32 Å². The molecule has 13 nitrogen and oxygen atoms in total. The van der Waals surface area contributed by atoms with Gasteiger partial charge in [0.2, 0.25) is 0 Å². The van der Waals surface area contributed by atoms with E-state index in [1.54, 1.807) is 13.8 Å². The first-order valence-corrected chi connectivity index (χ1v) is 12.3. The van der Waals surface area contributed by atoms with E-state index < -0.39 is 71.5 Å². The zero-order valence-electron chi connectivity index (χ0n) is 20.7. The summed E-state index contributed by atoms with van der Waals surface area (Å²) < 4.78 is 20.1. The third-order valence-electron chi connectivity index (χ3n) is 4.62. The molecule has 1 aromatic carbocycles. The van der Waals surface area contributed by atoms with Crippen LogP contribution in [0.25, 0.3) is 0 Å². The molecule has 0 radical (unpaired) electrons. The molecule has 1 aromatic rings. The highest BCUT2D eigenvalue weighted by atomic mass is 35.5. The average molecular weight is 579 g/mol. The minimum absolute atomic E-state index is 0.0728. The molecule has 0 fully saturated rings. The van der Waals surface area contributed by atoms with Gasteiger partial charge in [-0.3, -0.25) is 24.5 Å². The van der Waals surface area contributed by atoms with Gasteiger partial charge in [-0.1, -0.05) is 37.0 Å². The van der Waals surface area contributed by atoms with Gasteiger partial charge in [0, 0.05) is 25.0 Å². The predicted molar refractivity (Wildman–Crippen MR) is 132 cm³/mol. The molecule has 0 saturated heterocycles. The highest BCUT2D eigenvalue weighted by Crippen LogP contribution is 2.25. The molecule has 1 N–H and O–H groups in total. The molecule has 0 spiro atoms. The molecule has 0 saturated carbocycles. The van der Waals surface area contributed by atoms with Gasteiger partial charge in [-0.15, -0.1) is 0 Å². The summed E-state index contributed by atoms with van der Waals surface area (Å²) in [6, 6.07) is 3.45. The van der Waals surface area contributed by atoms with E-state index in [-0.39, 0.29) is 24.1 Å². The van der Waals surface area contributed by atoms with Crippen LogP contribution in [0.1, 0.15) is 51.2 Å². The summed E-state index contributed by atoms with van der Waals surface area (Å²) in [7, 11) is 0. The van der Waals surface area contributed by atoms with Gasteiger partial charge in [0.25, 0.3) is 11.6 Å². The van der Waals surface area contributed by atoms with Gasteiger partial charge in [0.1, 0.15) is 12.6 Å². The van der Waals surface area contributed by atoms with Gasteiger partial charge < -0.3 is 24.3 Å². The first-order valence-electron chi connectivity index (χ1n) is 11.5. The normalized spacial score (nSPS) is 12.1. The number of amides is 1. The second-order valence-corrected chi connectivity index (χ2v) is 8.78. The van der Waals surface area contributed by atoms with E-state index in [4.69, 9.17) is 42.1 Å². The topological polar surface area (TPSA) is 177 Å². The number of esters is 4. The van der Waals surface area contributed by atoms with E-state index in [2.05, 4.69) is 5.32 Å². The molecule has 15 heteroatoms. The van der Waals surface area contributed by atoms with Crippen LogP contribution in [-0.2, 0) is 42.9 Å². The lowest BCUT2D eigenvalue weighted by molar-refractivity contribution is -0.384. The maximum Gasteiger partial charge on any atom is 0.344 e. The second-order valence-electron chi connectivity index (χ2n) is 7.68. The number of nitrogens with one attached hydrogen (secondary N) is 1. The summed E-state index contributed by atoms with van der Waals surface area (Å²) >= 11 is 11.2. The van der Waals surface area contributed by atoms with Gasteiger partial charge in [-0.2, -0.15) is 0 Å². The van der Waals surface area contributed by atoms with Gasteiger partial charge in [0.15, 0.2) is 24.2 Å². The van der Waals surface area contributed by atoms with Gasteiger partial charge in [0.05, 0.1) is 4.92 Å². The van der Waals surface area contributed by atoms with Crippen molar-refractivity contribution < 1.29 is 47.8 Å². The van der Waals surface area contributed by atoms with Crippen LogP contribution in [-0.4, -0.2) is 65.4 Å². The van der Waals surface area contributed by atoms with E-state index in [1.165, 1.54) is 12.1 Å². The lowest BCUT2D eigenvalue weighted by Crippen LogP contribution is -2.46.